The van der Waals surface area contributed by atoms with E-state index in [0.29, 0.717) is 6.04 Å². The minimum Gasteiger partial charge on any atom is -0.289 e. The highest BCUT2D eigenvalue weighted by Gasteiger charge is 2.14. The molecule has 0 unspecified atom stereocenters. The van der Waals surface area contributed by atoms with Gasteiger partial charge in [0, 0.05) is 7.05 Å². The first-order valence-electron chi connectivity index (χ1n) is 3.03. The molecule has 1 heterocycles. The van der Waals surface area contributed by atoms with Gasteiger partial charge in [-0.05, 0) is 13.8 Å². The Morgan fingerprint density at radius 1 is 1.56 bits per heavy atom. The second-order valence-corrected chi connectivity index (χ2v) is 2.31. The van der Waals surface area contributed by atoms with E-state index in [1.54, 1.807) is 6.34 Å². The molecular formula is C5H12N4. The molecule has 0 atom stereocenters. The van der Waals surface area contributed by atoms with Crippen molar-refractivity contribution in [3.63, 3.8) is 0 Å². The van der Waals surface area contributed by atoms with Crippen LogP contribution in [0, 0.1) is 0 Å². The highest BCUT2D eigenvalue weighted by Crippen LogP contribution is 2.02. The lowest BCUT2D eigenvalue weighted by Gasteiger charge is -2.25. The van der Waals surface area contributed by atoms with E-state index in [1.165, 1.54) is 0 Å². The van der Waals surface area contributed by atoms with Gasteiger partial charge < -0.3 is 0 Å². The van der Waals surface area contributed by atoms with Gasteiger partial charge in [0.15, 0.2) is 0 Å². The van der Waals surface area contributed by atoms with E-state index in [4.69, 9.17) is 0 Å². The van der Waals surface area contributed by atoms with Crippen LogP contribution in [0.25, 0.3) is 0 Å². The summed E-state index contributed by atoms with van der Waals surface area (Å²) in [5.74, 6) is 0. The van der Waals surface area contributed by atoms with Crippen molar-refractivity contribution in [3.8, 4) is 0 Å². The Hall–Kier alpha value is -0.770. The fourth-order valence-corrected chi connectivity index (χ4v) is 0.785. The Balaban J connectivity index is 2.49. The van der Waals surface area contributed by atoms with E-state index in [2.05, 4.69) is 24.4 Å². The van der Waals surface area contributed by atoms with Gasteiger partial charge in [-0.1, -0.05) is 0 Å². The van der Waals surface area contributed by atoms with Crippen LogP contribution in [0.1, 0.15) is 13.8 Å². The standard InChI is InChI=1S/C5H12N4/c1-5(2)9-7-4-6-8(9)3/h4-5H,1-3H3,(H,6,7). The zero-order valence-electron chi connectivity index (χ0n) is 6.00. The molecule has 4 heteroatoms. The van der Waals surface area contributed by atoms with Crippen LogP contribution >= 0.6 is 0 Å². The normalized spacial score (nSPS) is 19.3. The van der Waals surface area contributed by atoms with E-state index in [1.807, 2.05) is 17.3 Å². The summed E-state index contributed by atoms with van der Waals surface area (Å²) in [6.45, 7) is 4.17. The molecule has 0 fully saturated rings. The second-order valence-electron chi connectivity index (χ2n) is 2.31. The van der Waals surface area contributed by atoms with Crippen molar-refractivity contribution in [1.29, 1.82) is 0 Å². The van der Waals surface area contributed by atoms with Gasteiger partial charge in [0.2, 0.25) is 0 Å². The lowest BCUT2D eigenvalue weighted by atomic mass is 10.4. The highest BCUT2D eigenvalue weighted by molar-refractivity contribution is 5.54. The summed E-state index contributed by atoms with van der Waals surface area (Å²) >= 11 is 0. The third kappa shape index (κ3) is 1.13. The first kappa shape index (κ1) is 6.35. The maximum atomic E-state index is 4.04. The molecule has 0 aromatic carbocycles. The predicted octanol–water partition coefficient (Wildman–Crippen LogP) is 0.00510. The molecule has 1 aliphatic heterocycles. The smallest absolute Gasteiger partial charge is 0.126 e. The Kier molecular flexibility index (Phi) is 1.57. The Bertz CT molecular complexity index is 120. The third-order valence-electron chi connectivity index (χ3n) is 1.19. The van der Waals surface area contributed by atoms with Gasteiger partial charge in [0.1, 0.15) is 6.34 Å². The lowest BCUT2D eigenvalue weighted by molar-refractivity contribution is -0.0278. The molecule has 0 saturated carbocycles. The van der Waals surface area contributed by atoms with Crippen molar-refractivity contribution >= 4 is 6.34 Å². The molecule has 0 amide bonds. The zero-order chi connectivity index (χ0) is 6.85. The molecule has 0 aliphatic carbocycles. The van der Waals surface area contributed by atoms with Crippen LogP contribution in [-0.4, -0.2) is 29.7 Å². The van der Waals surface area contributed by atoms with Crippen LogP contribution in [0.4, 0.5) is 0 Å². The summed E-state index contributed by atoms with van der Waals surface area (Å²) in [5.41, 5.74) is 2.92. The minimum atomic E-state index is 0.418. The SMILES string of the molecule is CC(C)N1N=CNN1C. The molecule has 0 aromatic heterocycles. The number of rotatable bonds is 1. The highest BCUT2D eigenvalue weighted by atomic mass is 15.9. The summed E-state index contributed by atoms with van der Waals surface area (Å²) in [7, 11) is 1.92. The molecular weight excluding hydrogens is 116 g/mol. The Labute approximate surface area is 55.1 Å². The predicted molar refractivity (Wildman–Crippen MR) is 36.4 cm³/mol. The van der Waals surface area contributed by atoms with Gasteiger partial charge in [-0.15, -0.1) is 10.2 Å². The summed E-state index contributed by atoms with van der Waals surface area (Å²) in [6, 6.07) is 0.418. The number of hydrazone groups is 1. The Morgan fingerprint density at radius 3 is 2.44 bits per heavy atom. The van der Waals surface area contributed by atoms with Crippen molar-refractivity contribution in [1.82, 2.24) is 15.7 Å². The summed E-state index contributed by atoms with van der Waals surface area (Å²) in [6.07, 6.45) is 1.67. The molecule has 4 nitrogen and oxygen atoms in total. The van der Waals surface area contributed by atoms with Gasteiger partial charge in [-0.25, -0.2) is 5.12 Å². The van der Waals surface area contributed by atoms with Crippen LogP contribution in [0.5, 0.6) is 0 Å². The van der Waals surface area contributed by atoms with Gasteiger partial charge in [-0.3, -0.25) is 5.43 Å². The molecule has 1 rings (SSSR count). The van der Waals surface area contributed by atoms with Crippen molar-refractivity contribution in [2.24, 2.45) is 5.10 Å². The van der Waals surface area contributed by atoms with Crippen molar-refractivity contribution < 1.29 is 0 Å². The number of nitrogens with zero attached hydrogens (tertiary/aromatic N) is 3. The van der Waals surface area contributed by atoms with E-state index >= 15 is 0 Å². The van der Waals surface area contributed by atoms with Crippen LogP contribution in [0.15, 0.2) is 5.10 Å². The molecule has 0 aromatic rings. The summed E-state index contributed by atoms with van der Waals surface area (Å²) < 4.78 is 0. The van der Waals surface area contributed by atoms with E-state index < -0.39 is 0 Å². The van der Waals surface area contributed by atoms with Crippen molar-refractivity contribution in [2.75, 3.05) is 7.05 Å². The van der Waals surface area contributed by atoms with Crippen LogP contribution in [0.3, 0.4) is 0 Å². The van der Waals surface area contributed by atoms with E-state index in [-0.39, 0.29) is 0 Å². The van der Waals surface area contributed by atoms with E-state index in [0.717, 1.165) is 0 Å². The number of nitrogens with one attached hydrogen (secondary N) is 1. The molecule has 1 N–H and O–H groups in total. The van der Waals surface area contributed by atoms with Gasteiger partial charge in [0.25, 0.3) is 0 Å². The topological polar surface area (TPSA) is 30.9 Å². The number of hydrogen-bond acceptors (Lipinski definition) is 4. The summed E-state index contributed by atoms with van der Waals surface area (Å²) in [4.78, 5) is 0. The quantitative estimate of drug-likeness (QED) is 0.539. The van der Waals surface area contributed by atoms with Crippen LogP contribution in [0.2, 0.25) is 0 Å². The first-order chi connectivity index (χ1) is 4.22. The number of hydrogen-bond donors (Lipinski definition) is 1. The zero-order valence-corrected chi connectivity index (χ0v) is 6.00. The van der Waals surface area contributed by atoms with Crippen LogP contribution < -0.4 is 5.43 Å². The molecule has 0 bridgehead atoms. The fraction of sp³-hybridized carbons (Fsp3) is 0.800. The monoisotopic (exact) mass is 128 g/mol. The first-order valence-corrected chi connectivity index (χ1v) is 3.03. The minimum absolute atomic E-state index is 0.418. The maximum absolute atomic E-state index is 4.04. The molecule has 1 aliphatic rings. The maximum Gasteiger partial charge on any atom is 0.126 e. The van der Waals surface area contributed by atoms with Gasteiger partial charge >= 0.3 is 0 Å². The van der Waals surface area contributed by atoms with Gasteiger partial charge in [0.05, 0.1) is 6.04 Å². The molecule has 0 radical (unpaired) electrons. The third-order valence-corrected chi connectivity index (χ3v) is 1.19. The van der Waals surface area contributed by atoms with E-state index in [9.17, 15) is 0 Å². The molecule has 0 saturated heterocycles. The average molecular weight is 128 g/mol. The fourth-order valence-electron chi connectivity index (χ4n) is 0.785. The lowest BCUT2D eigenvalue weighted by Crippen LogP contribution is -2.42. The largest absolute Gasteiger partial charge is 0.289 e. The molecule has 52 valence electrons. The molecule has 0 spiro atoms. The second kappa shape index (κ2) is 2.23. The number of hydrazine groups is 2. The average Bonchev–Trinajstić information content (AvgIpc) is 2.13. The van der Waals surface area contributed by atoms with Crippen molar-refractivity contribution in [2.45, 2.75) is 19.9 Å². The Morgan fingerprint density at radius 2 is 2.22 bits per heavy atom. The van der Waals surface area contributed by atoms with Crippen LogP contribution in [-0.2, 0) is 0 Å². The van der Waals surface area contributed by atoms with Crippen molar-refractivity contribution in [3.05, 3.63) is 0 Å². The molecule has 9 heavy (non-hydrogen) atoms. The summed E-state index contributed by atoms with van der Waals surface area (Å²) in [5, 5.41) is 7.74. The van der Waals surface area contributed by atoms with Gasteiger partial charge in [-0.2, -0.15) is 0 Å².